The van der Waals surface area contributed by atoms with Gasteiger partial charge >= 0.3 is 6.18 Å². The Morgan fingerprint density at radius 3 is 2.26 bits per heavy atom. The number of alkyl halides is 3. The van der Waals surface area contributed by atoms with Crippen molar-refractivity contribution < 1.29 is 35.7 Å². The second-order valence-corrected chi connectivity index (χ2v) is 12.9. The van der Waals surface area contributed by atoms with E-state index in [0.29, 0.717) is 29.9 Å². The molecule has 2 atom stereocenters. The average molecular weight is 550 g/mol. The van der Waals surface area contributed by atoms with Crippen molar-refractivity contribution in [2.45, 2.75) is 74.7 Å². The highest BCUT2D eigenvalue weighted by molar-refractivity contribution is 7.92. The molecule has 2 aromatic rings. The van der Waals surface area contributed by atoms with E-state index in [-0.39, 0.29) is 17.7 Å². The van der Waals surface area contributed by atoms with Crippen molar-refractivity contribution in [3.63, 3.8) is 0 Å². The number of rotatable bonds is 7. The number of benzene rings is 1. The molecule has 1 amide bonds. The first-order valence-electron chi connectivity index (χ1n) is 12.3. The number of carbonyl (C=O) groups is 2. The Bertz CT molecular complexity index is 1430. The van der Waals surface area contributed by atoms with Crippen LogP contribution in [0.25, 0.3) is 11.1 Å². The number of aromatic nitrogens is 1. The van der Waals surface area contributed by atoms with Crippen LogP contribution in [0.5, 0.6) is 0 Å². The minimum absolute atomic E-state index is 0.0637. The topological polar surface area (TPSA) is 121 Å². The molecule has 202 valence electrons. The van der Waals surface area contributed by atoms with Gasteiger partial charge in [0.2, 0.25) is 5.91 Å². The minimum atomic E-state index is -4.80. The molecule has 1 saturated heterocycles. The van der Waals surface area contributed by atoms with E-state index < -0.39 is 69.2 Å². The van der Waals surface area contributed by atoms with Crippen LogP contribution in [0.3, 0.4) is 0 Å². The number of Topliss-reactive ketones (excluding diaryl/α,β-unsaturated/α-hetero) is 1. The monoisotopic (exact) mass is 549 g/mol. The summed E-state index contributed by atoms with van der Waals surface area (Å²) < 4.78 is 73.6. The maximum atomic E-state index is 13.8. The van der Waals surface area contributed by atoms with Gasteiger partial charge in [-0.2, -0.15) is 18.4 Å². The predicted molar refractivity (Wildman–Crippen MR) is 127 cm³/mol. The third-order valence-electron chi connectivity index (χ3n) is 8.14. The van der Waals surface area contributed by atoms with Crippen molar-refractivity contribution >= 4 is 21.5 Å². The molecule has 1 aromatic heterocycles. The highest BCUT2D eigenvalue weighted by Crippen LogP contribution is 2.59. The molecular weight excluding hydrogens is 523 g/mol. The van der Waals surface area contributed by atoms with Crippen LogP contribution in [0.15, 0.2) is 33.7 Å². The van der Waals surface area contributed by atoms with Crippen molar-refractivity contribution in [1.82, 2.24) is 10.1 Å². The summed E-state index contributed by atoms with van der Waals surface area (Å²) in [5.74, 6) is -1.26. The lowest BCUT2D eigenvalue weighted by Gasteiger charge is -2.29. The number of carbonyl (C=O) groups excluding carboxylic acids is 2. The van der Waals surface area contributed by atoms with Crippen molar-refractivity contribution in [2.75, 3.05) is 6.54 Å². The zero-order valence-electron chi connectivity index (χ0n) is 20.8. The maximum absolute atomic E-state index is 13.8. The smallest absolute Gasteiger partial charge is 0.361 e. The Kier molecular flexibility index (Phi) is 6.02. The zero-order chi connectivity index (χ0) is 27.7. The molecule has 12 heteroatoms. The van der Waals surface area contributed by atoms with E-state index in [1.54, 1.807) is 26.0 Å². The van der Waals surface area contributed by atoms with Crippen LogP contribution in [0.2, 0.25) is 0 Å². The number of ketones is 1. The summed E-state index contributed by atoms with van der Waals surface area (Å²) in [5.41, 5.74) is -1.41. The van der Waals surface area contributed by atoms with E-state index in [2.05, 4.69) is 11.2 Å². The highest BCUT2D eigenvalue weighted by atomic mass is 32.2. The van der Waals surface area contributed by atoms with Gasteiger partial charge in [-0.3, -0.25) is 9.59 Å². The van der Waals surface area contributed by atoms with Crippen LogP contribution in [0.1, 0.15) is 50.0 Å². The molecule has 0 spiro atoms. The molecule has 2 aliphatic carbocycles. The molecule has 1 aliphatic heterocycles. The number of hydrogen-bond donors (Lipinski definition) is 0. The lowest BCUT2D eigenvalue weighted by molar-refractivity contribution is -0.199. The second kappa shape index (κ2) is 8.66. The molecule has 3 fully saturated rings. The molecule has 38 heavy (non-hydrogen) atoms. The van der Waals surface area contributed by atoms with Gasteiger partial charge < -0.3 is 9.42 Å². The number of halogens is 3. The van der Waals surface area contributed by atoms with E-state index >= 15 is 0 Å². The first kappa shape index (κ1) is 26.4. The van der Waals surface area contributed by atoms with E-state index in [9.17, 15) is 36.4 Å². The Labute approximate surface area is 217 Å². The van der Waals surface area contributed by atoms with Crippen molar-refractivity contribution in [2.24, 2.45) is 10.8 Å². The van der Waals surface area contributed by atoms with E-state index in [0.717, 1.165) is 10.5 Å². The van der Waals surface area contributed by atoms with Crippen LogP contribution in [0.4, 0.5) is 13.2 Å². The molecule has 5 rings (SSSR count). The number of aryl methyl sites for hydroxylation is 2. The average Bonchev–Trinajstić information content (AvgIpc) is 3.76. The molecule has 1 aromatic carbocycles. The molecule has 0 N–H and O–H groups in total. The zero-order valence-corrected chi connectivity index (χ0v) is 21.7. The third-order valence-corrected chi connectivity index (χ3v) is 10.3. The number of amides is 1. The van der Waals surface area contributed by atoms with Gasteiger partial charge in [-0.25, -0.2) is 8.42 Å². The van der Waals surface area contributed by atoms with Crippen molar-refractivity contribution in [1.29, 1.82) is 5.26 Å². The van der Waals surface area contributed by atoms with E-state index in [1.165, 1.54) is 12.1 Å². The Morgan fingerprint density at radius 2 is 1.79 bits per heavy atom. The van der Waals surface area contributed by atoms with Crippen LogP contribution < -0.4 is 0 Å². The molecular formula is C26H26F3N3O5S. The van der Waals surface area contributed by atoms with Crippen LogP contribution in [-0.2, 0) is 19.4 Å². The largest absolute Gasteiger partial charge is 0.403 e. The Balaban J connectivity index is 1.43. The maximum Gasteiger partial charge on any atom is 0.403 e. The fourth-order valence-electron chi connectivity index (χ4n) is 5.40. The summed E-state index contributed by atoms with van der Waals surface area (Å²) in [6, 6.07) is 6.72. The predicted octanol–water partition coefficient (Wildman–Crippen LogP) is 4.31. The summed E-state index contributed by atoms with van der Waals surface area (Å²) in [5, 5.41) is 12.0. The first-order valence-corrected chi connectivity index (χ1v) is 13.9. The lowest BCUT2D eigenvalue weighted by Crippen LogP contribution is -2.49. The normalized spacial score (nSPS) is 23.6. The number of nitriles is 1. The lowest BCUT2D eigenvalue weighted by atomic mass is 9.95. The fraction of sp³-hybridized carbons (Fsp3) is 0.538. The summed E-state index contributed by atoms with van der Waals surface area (Å²) in [6.07, 6.45) is -5.13. The number of hydrogen-bond acceptors (Lipinski definition) is 7. The van der Waals surface area contributed by atoms with Crippen LogP contribution >= 0.6 is 0 Å². The van der Waals surface area contributed by atoms with E-state index in [1.807, 2.05) is 0 Å². The fourth-order valence-corrected chi connectivity index (χ4v) is 7.09. The molecule has 8 nitrogen and oxygen atoms in total. The standard InChI is InChI=1S/C26H26F3N3O5S/c1-15-22(16(2)37-31-15)17-3-5-18(6-4-17)38(35,36)19-11-20(21(33)12-24(14-30)7-8-24)32(13-19)23(34)25(9-10-25)26(27,28)29/h3-6,19-20H,7-13H2,1-2H3/t19-,20+/m1/s1. The molecule has 0 unspecified atom stereocenters. The Hall–Kier alpha value is -3.20. The summed E-state index contributed by atoms with van der Waals surface area (Å²) in [7, 11) is -4.10. The number of nitrogens with zero attached hydrogens (tertiary/aromatic N) is 3. The van der Waals surface area contributed by atoms with Gasteiger partial charge in [0.1, 0.15) is 11.2 Å². The van der Waals surface area contributed by atoms with Crippen molar-refractivity contribution in [3.8, 4) is 17.2 Å². The van der Waals surface area contributed by atoms with E-state index in [4.69, 9.17) is 4.52 Å². The van der Waals surface area contributed by atoms with Crippen LogP contribution in [0, 0.1) is 36.0 Å². The highest BCUT2D eigenvalue weighted by Gasteiger charge is 2.70. The van der Waals surface area contributed by atoms with Gasteiger partial charge in [0.05, 0.1) is 33.4 Å². The van der Waals surface area contributed by atoms with Gasteiger partial charge in [-0.05, 0) is 63.6 Å². The van der Waals surface area contributed by atoms with Gasteiger partial charge in [0, 0.05) is 18.5 Å². The van der Waals surface area contributed by atoms with Crippen LogP contribution in [-0.4, -0.2) is 54.2 Å². The second-order valence-electron chi connectivity index (χ2n) is 10.7. The van der Waals surface area contributed by atoms with Gasteiger partial charge in [0.25, 0.3) is 0 Å². The third kappa shape index (κ3) is 4.21. The summed E-state index contributed by atoms with van der Waals surface area (Å²) >= 11 is 0. The molecule has 2 saturated carbocycles. The molecule has 2 heterocycles. The quantitative estimate of drug-likeness (QED) is 0.505. The SMILES string of the molecule is Cc1noc(C)c1-c1ccc(S(=O)(=O)[C@@H]2C[C@@H](C(=O)CC3(C#N)CC3)N(C(=O)C3(C(F)(F)F)CC3)C2)cc1. The summed E-state index contributed by atoms with van der Waals surface area (Å²) in [6.45, 7) is 2.97. The first-order chi connectivity index (χ1) is 17.7. The van der Waals surface area contributed by atoms with Gasteiger partial charge in [-0.15, -0.1) is 0 Å². The number of likely N-dealkylation sites (tertiary alicyclic amines) is 1. The minimum Gasteiger partial charge on any atom is -0.361 e. The van der Waals surface area contributed by atoms with Crippen molar-refractivity contribution in [3.05, 3.63) is 35.7 Å². The summed E-state index contributed by atoms with van der Waals surface area (Å²) in [4.78, 5) is 27.1. The number of sulfone groups is 1. The van der Waals surface area contributed by atoms with Gasteiger partial charge in [0.15, 0.2) is 15.6 Å². The Morgan fingerprint density at radius 1 is 1.16 bits per heavy atom. The molecule has 3 aliphatic rings. The molecule has 0 bridgehead atoms. The van der Waals surface area contributed by atoms with Gasteiger partial charge in [-0.1, -0.05) is 17.3 Å². The molecule has 0 radical (unpaired) electrons.